The molecule has 0 aliphatic rings. The van der Waals surface area contributed by atoms with Gasteiger partial charge in [0.15, 0.2) is 6.10 Å². The highest BCUT2D eigenvalue weighted by atomic mass is 16.6. The first-order valence-corrected chi connectivity index (χ1v) is 29.9. The quantitative estimate of drug-likeness (QED) is 0.0261. The Morgan fingerprint density at radius 1 is 0.300 bits per heavy atom. The van der Waals surface area contributed by atoms with Crippen molar-refractivity contribution in [3.63, 3.8) is 0 Å². The van der Waals surface area contributed by atoms with Gasteiger partial charge in [0.25, 0.3) is 0 Å². The van der Waals surface area contributed by atoms with Gasteiger partial charge in [0.05, 0.1) is 0 Å². The minimum Gasteiger partial charge on any atom is -0.462 e. The summed E-state index contributed by atoms with van der Waals surface area (Å²) in [5.74, 6) is -0.872. The van der Waals surface area contributed by atoms with E-state index in [4.69, 9.17) is 14.2 Å². The van der Waals surface area contributed by atoms with E-state index in [9.17, 15) is 14.4 Å². The van der Waals surface area contributed by atoms with Crippen molar-refractivity contribution in [2.45, 2.75) is 303 Å². The largest absolute Gasteiger partial charge is 0.462 e. The van der Waals surface area contributed by atoms with Gasteiger partial charge in [-0.25, -0.2) is 0 Å². The van der Waals surface area contributed by atoms with Crippen LogP contribution in [0.1, 0.15) is 297 Å². The van der Waals surface area contributed by atoms with E-state index in [1.165, 1.54) is 161 Å². The van der Waals surface area contributed by atoms with Gasteiger partial charge in [0.1, 0.15) is 13.2 Å². The summed E-state index contributed by atoms with van der Waals surface area (Å²) >= 11 is 0. The van der Waals surface area contributed by atoms with Gasteiger partial charge in [-0.2, -0.15) is 0 Å². The van der Waals surface area contributed by atoms with Crippen LogP contribution in [0.3, 0.4) is 0 Å². The second kappa shape index (κ2) is 58.4. The van der Waals surface area contributed by atoms with Crippen molar-refractivity contribution >= 4 is 17.9 Å². The summed E-state index contributed by atoms with van der Waals surface area (Å²) in [7, 11) is 0. The molecule has 1 atom stereocenters. The number of allylic oxidation sites excluding steroid dienone is 12. The van der Waals surface area contributed by atoms with Gasteiger partial charge >= 0.3 is 17.9 Å². The highest BCUT2D eigenvalue weighted by Crippen LogP contribution is 2.16. The molecule has 0 fully saturated rings. The molecule has 1 unspecified atom stereocenters. The predicted octanol–water partition coefficient (Wildman–Crippen LogP) is 20.2. The van der Waals surface area contributed by atoms with E-state index >= 15 is 0 Å². The van der Waals surface area contributed by atoms with Crippen molar-refractivity contribution in [2.24, 2.45) is 0 Å². The van der Waals surface area contributed by atoms with E-state index in [1.54, 1.807) is 0 Å². The van der Waals surface area contributed by atoms with Crippen LogP contribution in [0.2, 0.25) is 0 Å². The fourth-order valence-electron chi connectivity index (χ4n) is 8.51. The summed E-state index contributed by atoms with van der Waals surface area (Å²) in [5.41, 5.74) is 0. The molecule has 6 heteroatoms. The lowest BCUT2D eigenvalue weighted by Crippen LogP contribution is -2.30. The number of carbonyl (C=O) groups is 3. The van der Waals surface area contributed by atoms with Gasteiger partial charge in [-0.1, -0.05) is 280 Å². The first kappa shape index (κ1) is 66.9. The van der Waals surface area contributed by atoms with Crippen LogP contribution in [-0.4, -0.2) is 37.2 Å². The summed E-state index contributed by atoms with van der Waals surface area (Å²) in [6.07, 6.45) is 74.9. The SMILES string of the molecule is CC/C=C\C/C=C\C/C=C\C/C=C\C/C=C\C/C=C\CCCCCCCCCCCCC(=O)OCC(COC(=O)CCCCCCCCC)OC(=O)CCCCCCCCCCCCCCCCCC. The standard InChI is InChI=1S/C64H112O6/c1-4-7-10-13-16-18-20-22-24-26-27-28-29-30-31-32-33-34-35-36-37-38-40-41-43-45-48-51-54-57-63(66)69-60-61(59-68-62(65)56-53-50-47-15-12-9-6-3)70-64(67)58-55-52-49-46-44-42-39-25-23-21-19-17-14-11-8-5-2/h7,10,16,18,22,24,27-28,30-31,33-34,61H,4-6,8-9,11-15,17,19-21,23,25-26,29,32,35-60H2,1-3H3/b10-7-,18-16-,24-22-,28-27-,31-30-,34-33-. The molecule has 0 rings (SSSR count). The van der Waals surface area contributed by atoms with Gasteiger partial charge in [-0.15, -0.1) is 0 Å². The molecule has 0 saturated carbocycles. The topological polar surface area (TPSA) is 78.9 Å². The van der Waals surface area contributed by atoms with Gasteiger partial charge in [0.2, 0.25) is 0 Å². The minimum atomic E-state index is -0.771. The molecule has 0 radical (unpaired) electrons. The molecule has 0 aliphatic heterocycles. The zero-order chi connectivity index (χ0) is 50.7. The highest BCUT2D eigenvalue weighted by molar-refractivity contribution is 5.71. The molecule has 0 spiro atoms. The van der Waals surface area contributed by atoms with Crippen LogP contribution in [0.15, 0.2) is 72.9 Å². The predicted molar refractivity (Wildman–Crippen MR) is 302 cm³/mol. The number of ether oxygens (including phenoxy) is 3. The summed E-state index contributed by atoms with van der Waals surface area (Å²) in [6, 6.07) is 0. The van der Waals surface area contributed by atoms with Crippen LogP contribution in [0.4, 0.5) is 0 Å². The van der Waals surface area contributed by atoms with Crippen molar-refractivity contribution in [1.82, 2.24) is 0 Å². The molecule has 0 heterocycles. The molecule has 0 aromatic rings. The molecular formula is C64H112O6. The Kier molecular flexibility index (Phi) is 55.8. The van der Waals surface area contributed by atoms with Crippen LogP contribution in [0.25, 0.3) is 0 Å². The molecule has 6 nitrogen and oxygen atoms in total. The fraction of sp³-hybridized carbons (Fsp3) is 0.766. The number of hydrogen-bond acceptors (Lipinski definition) is 6. The monoisotopic (exact) mass is 977 g/mol. The molecular weight excluding hydrogens is 865 g/mol. The molecule has 0 amide bonds. The summed E-state index contributed by atoms with van der Waals surface area (Å²) in [4.78, 5) is 38.0. The normalized spacial score (nSPS) is 12.6. The van der Waals surface area contributed by atoms with E-state index in [0.29, 0.717) is 19.3 Å². The summed E-state index contributed by atoms with van der Waals surface area (Å²) in [5, 5.41) is 0. The van der Waals surface area contributed by atoms with Crippen molar-refractivity contribution in [2.75, 3.05) is 13.2 Å². The van der Waals surface area contributed by atoms with E-state index < -0.39 is 6.10 Å². The molecule has 0 saturated heterocycles. The zero-order valence-electron chi connectivity index (χ0n) is 46.3. The van der Waals surface area contributed by atoms with Crippen LogP contribution in [0.5, 0.6) is 0 Å². The smallest absolute Gasteiger partial charge is 0.306 e. The van der Waals surface area contributed by atoms with Crippen LogP contribution in [-0.2, 0) is 28.6 Å². The van der Waals surface area contributed by atoms with Gasteiger partial charge in [-0.05, 0) is 70.6 Å². The van der Waals surface area contributed by atoms with Crippen LogP contribution in [0, 0.1) is 0 Å². The Balaban J connectivity index is 4.12. The number of carbonyl (C=O) groups excluding carboxylic acids is 3. The molecule has 70 heavy (non-hydrogen) atoms. The second-order valence-electron chi connectivity index (χ2n) is 19.9. The Bertz CT molecular complexity index is 1310. The van der Waals surface area contributed by atoms with Gasteiger partial charge in [-0.3, -0.25) is 14.4 Å². The third-order valence-corrected chi connectivity index (χ3v) is 13.0. The van der Waals surface area contributed by atoms with Crippen LogP contribution >= 0.6 is 0 Å². The first-order valence-electron chi connectivity index (χ1n) is 29.9. The fourth-order valence-corrected chi connectivity index (χ4v) is 8.51. The minimum absolute atomic E-state index is 0.0726. The maximum atomic E-state index is 12.8. The molecule has 0 aromatic carbocycles. The second-order valence-corrected chi connectivity index (χ2v) is 19.9. The van der Waals surface area contributed by atoms with E-state index in [1.807, 2.05) is 0 Å². The number of rotatable bonds is 54. The zero-order valence-corrected chi connectivity index (χ0v) is 46.3. The average Bonchev–Trinajstić information content (AvgIpc) is 3.36. The van der Waals surface area contributed by atoms with Crippen molar-refractivity contribution in [3.8, 4) is 0 Å². The lowest BCUT2D eigenvalue weighted by Gasteiger charge is -2.18. The number of esters is 3. The van der Waals surface area contributed by atoms with Gasteiger partial charge < -0.3 is 14.2 Å². The molecule has 0 bridgehead atoms. The Labute approximate surface area is 433 Å². The summed E-state index contributed by atoms with van der Waals surface area (Å²) in [6.45, 7) is 6.51. The van der Waals surface area contributed by atoms with E-state index in [0.717, 1.165) is 96.3 Å². The van der Waals surface area contributed by atoms with Crippen molar-refractivity contribution in [3.05, 3.63) is 72.9 Å². The Hall–Kier alpha value is -3.15. The Morgan fingerprint density at radius 2 is 0.557 bits per heavy atom. The lowest BCUT2D eigenvalue weighted by atomic mass is 10.0. The van der Waals surface area contributed by atoms with E-state index in [2.05, 4.69) is 93.7 Å². The number of hydrogen-bond donors (Lipinski definition) is 0. The highest BCUT2D eigenvalue weighted by Gasteiger charge is 2.19. The number of unbranched alkanes of at least 4 members (excludes halogenated alkanes) is 31. The Morgan fingerprint density at radius 3 is 0.871 bits per heavy atom. The van der Waals surface area contributed by atoms with E-state index in [-0.39, 0.29) is 31.1 Å². The third kappa shape index (κ3) is 55.8. The molecule has 0 N–H and O–H groups in total. The maximum absolute atomic E-state index is 12.8. The third-order valence-electron chi connectivity index (χ3n) is 13.0. The molecule has 0 aliphatic carbocycles. The summed E-state index contributed by atoms with van der Waals surface area (Å²) < 4.78 is 16.8. The molecule has 0 aromatic heterocycles. The van der Waals surface area contributed by atoms with Crippen LogP contribution < -0.4 is 0 Å². The first-order chi connectivity index (χ1) is 34.5. The van der Waals surface area contributed by atoms with Crippen molar-refractivity contribution in [1.29, 1.82) is 0 Å². The van der Waals surface area contributed by atoms with Gasteiger partial charge in [0, 0.05) is 19.3 Å². The van der Waals surface area contributed by atoms with Crippen molar-refractivity contribution < 1.29 is 28.6 Å². The maximum Gasteiger partial charge on any atom is 0.306 e. The molecule has 404 valence electrons. The average molecular weight is 978 g/mol. The lowest BCUT2D eigenvalue weighted by molar-refractivity contribution is -0.167.